The molecule has 7 heteroatoms. The van der Waals surface area contributed by atoms with Gasteiger partial charge >= 0.3 is 6.72 Å². The number of hydrogen-bond donors (Lipinski definition) is 1. The Morgan fingerprint density at radius 2 is 2.27 bits per heavy atom. The lowest BCUT2D eigenvalue weighted by molar-refractivity contribution is 0.406. The van der Waals surface area contributed by atoms with Crippen molar-refractivity contribution in [1.29, 1.82) is 0 Å². The highest BCUT2D eigenvalue weighted by molar-refractivity contribution is 8.99. The van der Waals surface area contributed by atoms with Crippen LogP contribution in [0.4, 0.5) is 0 Å². The van der Waals surface area contributed by atoms with E-state index in [0.29, 0.717) is 0 Å². The van der Waals surface area contributed by atoms with Crippen LogP contribution in [0.25, 0.3) is 0 Å². The number of unbranched alkanes of at least 4 members (excludes halogenated alkanes) is 1. The van der Waals surface area contributed by atoms with Gasteiger partial charge in [-0.05, 0) is 6.42 Å². The van der Waals surface area contributed by atoms with Gasteiger partial charge in [-0.15, -0.1) is 0 Å². The van der Waals surface area contributed by atoms with Crippen molar-refractivity contribution in [2.45, 2.75) is 26.7 Å². The van der Waals surface area contributed by atoms with Crippen molar-refractivity contribution in [3.8, 4) is 0 Å². The lowest BCUT2D eigenvalue weighted by Crippen LogP contribution is -2.06. The molecular weight excluding hydrogens is 251 g/mol. The maximum Gasteiger partial charge on any atom is 0.361 e. The Kier molecular flexibility index (Phi) is 9.81. The van der Waals surface area contributed by atoms with E-state index >= 15 is 0 Å². The fourth-order valence-electron chi connectivity index (χ4n) is 0.652. The smallest absolute Gasteiger partial charge is 0.309 e. The fraction of sp³-hybridized carbons (Fsp3) is 0.875. The molecule has 0 aliphatic heterocycles. The summed E-state index contributed by atoms with van der Waals surface area (Å²) >= 11 is 0. The number of nitrogens with one attached hydrogen (secondary N) is 1. The van der Waals surface area contributed by atoms with Crippen molar-refractivity contribution in [1.82, 2.24) is 5.09 Å². The molecule has 1 unspecified atom stereocenters. The van der Waals surface area contributed by atoms with Crippen LogP contribution in [0.15, 0.2) is 4.99 Å². The fourth-order valence-corrected chi connectivity index (χ4v) is 5.65. The highest BCUT2D eigenvalue weighted by atomic mass is 33.3. The number of hydrogen-bond acceptors (Lipinski definition) is 5. The summed E-state index contributed by atoms with van der Waals surface area (Å²) in [5.41, 5.74) is 0. The first-order valence-electron chi connectivity index (χ1n) is 4.91. The van der Waals surface area contributed by atoms with E-state index in [1.54, 1.807) is 0 Å². The van der Waals surface area contributed by atoms with E-state index in [0.717, 1.165) is 25.1 Å². The van der Waals surface area contributed by atoms with E-state index in [1.807, 2.05) is 6.92 Å². The van der Waals surface area contributed by atoms with Gasteiger partial charge in [-0.1, -0.05) is 31.1 Å². The van der Waals surface area contributed by atoms with Gasteiger partial charge in [0.1, 0.15) is 0 Å². The maximum atomic E-state index is 11.9. The summed E-state index contributed by atoms with van der Waals surface area (Å²) in [5, 5.41) is 2.72. The molecule has 4 nitrogen and oxygen atoms in total. The second kappa shape index (κ2) is 9.58. The minimum atomic E-state index is -2.79. The molecule has 0 fully saturated rings. The molecule has 0 amide bonds. The number of nitrogens with zero attached hydrogens (tertiary/aromatic N) is 1. The zero-order valence-electron chi connectivity index (χ0n) is 9.43. The number of aliphatic imine (C=N–C) groups is 1. The minimum Gasteiger partial charge on any atom is -0.309 e. The van der Waals surface area contributed by atoms with Gasteiger partial charge in [0.05, 0.1) is 6.34 Å². The van der Waals surface area contributed by atoms with Crippen LogP contribution in [0, 0.1) is 0 Å². The third kappa shape index (κ3) is 8.20. The maximum absolute atomic E-state index is 11.9. The lowest BCUT2D eigenvalue weighted by atomic mass is 10.3. The van der Waals surface area contributed by atoms with Crippen LogP contribution >= 0.6 is 27.9 Å². The summed E-state index contributed by atoms with van der Waals surface area (Å²) in [6, 6.07) is 0. The minimum absolute atomic E-state index is 0.763. The predicted molar refractivity (Wildman–Crippen MR) is 71.7 cm³/mol. The molecule has 1 atom stereocenters. The zero-order chi connectivity index (χ0) is 11.6. The van der Waals surface area contributed by atoms with Gasteiger partial charge in [0.2, 0.25) is 0 Å². The summed E-state index contributed by atoms with van der Waals surface area (Å²) in [7, 11) is 4.19. The lowest BCUT2D eigenvalue weighted by Gasteiger charge is -2.12. The van der Waals surface area contributed by atoms with Gasteiger partial charge in [0, 0.05) is 29.8 Å². The van der Waals surface area contributed by atoms with Crippen molar-refractivity contribution < 1.29 is 9.09 Å². The molecule has 0 spiro atoms. The van der Waals surface area contributed by atoms with E-state index in [2.05, 4.69) is 17.0 Å². The Labute approximate surface area is 99.7 Å². The largest absolute Gasteiger partial charge is 0.361 e. The molecule has 1 N–H and O–H groups in total. The zero-order valence-corrected chi connectivity index (χ0v) is 12.0. The van der Waals surface area contributed by atoms with Crippen LogP contribution in [0.5, 0.6) is 0 Å². The average Bonchev–Trinajstić information content (AvgIpc) is 2.26. The molecule has 0 aromatic heterocycles. The van der Waals surface area contributed by atoms with Gasteiger partial charge < -0.3 is 4.52 Å². The highest BCUT2D eigenvalue weighted by Crippen LogP contribution is 2.60. The first-order valence-corrected chi connectivity index (χ1v) is 9.46. The van der Waals surface area contributed by atoms with Crippen LogP contribution in [0.2, 0.25) is 0 Å². The summed E-state index contributed by atoms with van der Waals surface area (Å²) in [6.45, 7) is 2.09. The molecule has 0 saturated heterocycles. The Balaban J connectivity index is 3.86. The standard InChI is InChI=1S/C8H19N2O2PS2/c1-4-6-7-9-8-10-13(11,12-3)15-14-5-2/h8H,4-7H2,1-3H3,(H,9,10,11). The van der Waals surface area contributed by atoms with E-state index in [1.165, 1.54) is 34.7 Å². The van der Waals surface area contributed by atoms with E-state index < -0.39 is 6.72 Å². The van der Waals surface area contributed by atoms with Crippen molar-refractivity contribution in [3.05, 3.63) is 0 Å². The topological polar surface area (TPSA) is 50.7 Å². The molecule has 0 aliphatic carbocycles. The average molecular weight is 270 g/mol. The monoisotopic (exact) mass is 270 g/mol. The van der Waals surface area contributed by atoms with E-state index in [9.17, 15) is 4.57 Å². The molecule has 0 rings (SSSR count). The highest BCUT2D eigenvalue weighted by Gasteiger charge is 2.20. The first-order chi connectivity index (χ1) is 7.18. The molecule has 0 radical (unpaired) electrons. The summed E-state index contributed by atoms with van der Waals surface area (Å²) in [4.78, 5) is 4.09. The Morgan fingerprint density at radius 1 is 1.53 bits per heavy atom. The summed E-state index contributed by atoms with van der Waals surface area (Å²) < 4.78 is 16.8. The van der Waals surface area contributed by atoms with Crippen molar-refractivity contribution in [3.63, 3.8) is 0 Å². The molecule has 0 aliphatic rings. The normalized spacial score (nSPS) is 15.4. The molecular formula is C8H19N2O2PS2. The quantitative estimate of drug-likeness (QED) is 0.228. The number of rotatable bonds is 9. The van der Waals surface area contributed by atoms with Gasteiger partial charge in [-0.3, -0.25) is 14.6 Å². The van der Waals surface area contributed by atoms with Gasteiger partial charge in [0.15, 0.2) is 0 Å². The second-order valence-corrected chi connectivity index (χ2v) is 9.20. The van der Waals surface area contributed by atoms with Gasteiger partial charge in [-0.2, -0.15) is 0 Å². The predicted octanol–water partition coefficient (Wildman–Crippen LogP) is 3.56. The Hall–Kier alpha value is 0.360. The van der Waals surface area contributed by atoms with Crippen molar-refractivity contribution >= 4 is 34.3 Å². The summed E-state index contributed by atoms with van der Waals surface area (Å²) in [6.07, 6.45) is 3.65. The molecule has 90 valence electrons. The van der Waals surface area contributed by atoms with Crippen molar-refractivity contribution in [2.24, 2.45) is 4.99 Å². The first kappa shape index (κ1) is 15.4. The molecule has 0 aromatic rings. The van der Waals surface area contributed by atoms with Crippen LogP contribution in [0.3, 0.4) is 0 Å². The third-order valence-corrected chi connectivity index (χ3v) is 8.00. The Morgan fingerprint density at radius 3 is 2.80 bits per heavy atom. The van der Waals surface area contributed by atoms with Crippen LogP contribution in [-0.2, 0) is 9.09 Å². The van der Waals surface area contributed by atoms with Gasteiger partial charge in [0.25, 0.3) is 0 Å². The molecule has 15 heavy (non-hydrogen) atoms. The van der Waals surface area contributed by atoms with E-state index in [-0.39, 0.29) is 0 Å². The molecule has 0 saturated carbocycles. The third-order valence-electron chi connectivity index (χ3n) is 1.46. The van der Waals surface area contributed by atoms with Crippen LogP contribution < -0.4 is 5.09 Å². The van der Waals surface area contributed by atoms with Crippen molar-refractivity contribution in [2.75, 3.05) is 19.4 Å². The second-order valence-electron chi connectivity index (χ2n) is 2.68. The Bertz CT molecular complexity index is 227. The van der Waals surface area contributed by atoms with E-state index in [4.69, 9.17) is 4.52 Å². The summed E-state index contributed by atoms with van der Waals surface area (Å²) in [5.74, 6) is 0.896. The molecule has 0 bridgehead atoms. The SMILES string of the molecule is CCCCN=CNP(=O)(OC)SSCC. The molecule has 0 heterocycles. The van der Waals surface area contributed by atoms with Crippen LogP contribution in [0.1, 0.15) is 26.7 Å². The van der Waals surface area contributed by atoms with Gasteiger partial charge in [-0.25, -0.2) is 0 Å². The van der Waals surface area contributed by atoms with Crippen LogP contribution in [-0.4, -0.2) is 25.7 Å². The molecule has 0 aromatic carbocycles.